The summed E-state index contributed by atoms with van der Waals surface area (Å²) in [7, 11) is 0. The number of carboxylic acids is 1. The van der Waals surface area contributed by atoms with Gasteiger partial charge < -0.3 is 20.5 Å². The van der Waals surface area contributed by atoms with E-state index in [-0.39, 0.29) is 30.9 Å². The summed E-state index contributed by atoms with van der Waals surface area (Å²) in [6.45, 7) is 7.38. The van der Waals surface area contributed by atoms with Crippen LogP contribution in [0.4, 0.5) is 4.79 Å². The summed E-state index contributed by atoms with van der Waals surface area (Å²) in [6, 6.07) is 15.3. The molecule has 1 atom stereocenters. The van der Waals surface area contributed by atoms with Crippen molar-refractivity contribution in [3.8, 4) is 11.1 Å². The largest absolute Gasteiger partial charge is 0.480 e. The minimum absolute atomic E-state index is 0.0191. The third-order valence-corrected chi connectivity index (χ3v) is 6.20. The molecular formula is C26H32N2O5. The van der Waals surface area contributed by atoms with Crippen LogP contribution in [0.3, 0.4) is 0 Å². The molecule has 7 nitrogen and oxygen atoms in total. The summed E-state index contributed by atoms with van der Waals surface area (Å²) in [5.41, 5.74) is 3.76. The van der Waals surface area contributed by atoms with Crippen LogP contribution in [-0.2, 0) is 14.3 Å². The van der Waals surface area contributed by atoms with Crippen molar-refractivity contribution in [3.63, 3.8) is 0 Å². The van der Waals surface area contributed by atoms with Crippen LogP contribution in [0.25, 0.3) is 11.1 Å². The molecular weight excluding hydrogens is 420 g/mol. The highest BCUT2D eigenvalue weighted by atomic mass is 16.5. The fourth-order valence-electron chi connectivity index (χ4n) is 4.09. The molecule has 0 heterocycles. The van der Waals surface area contributed by atoms with E-state index in [0.717, 1.165) is 22.3 Å². The Bertz CT molecular complexity index is 985. The second-order valence-electron chi connectivity index (χ2n) is 9.42. The number of ether oxygens (including phenoxy) is 1. The van der Waals surface area contributed by atoms with Gasteiger partial charge in [-0.25, -0.2) is 9.59 Å². The summed E-state index contributed by atoms with van der Waals surface area (Å²) < 4.78 is 5.51. The molecule has 2 amide bonds. The van der Waals surface area contributed by atoms with Gasteiger partial charge in [-0.1, -0.05) is 76.2 Å². The number of rotatable bonds is 9. The highest BCUT2D eigenvalue weighted by Crippen LogP contribution is 2.44. The van der Waals surface area contributed by atoms with Crippen LogP contribution in [0.2, 0.25) is 0 Å². The van der Waals surface area contributed by atoms with E-state index < -0.39 is 23.5 Å². The third kappa shape index (κ3) is 5.53. The normalized spacial score (nSPS) is 13.7. The number of carbonyl (C=O) groups is 3. The molecule has 0 radical (unpaired) electrons. The van der Waals surface area contributed by atoms with Crippen LogP contribution in [0.1, 0.15) is 51.2 Å². The Morgan fingerprint density at radius 2 is 1.55 bits per heavy atom. The van der Waals surface area contributed by atoms with Crippen LogP contribution in [-0.4, -0.2) is 42.3 Å². The zero-order chi connectivity index (χ0) is 24.2. The van der Waals surface area contributed by atoms with Gasteiger partial charge in [0.1, 0.15) is 12.6 Å². The Hall–Kier alpha value is -3.35. The van der Waals surface area contributed by atoms with Gasteiger partial charge in [-0.15, -0.1) is 0 Å². The van der Waals surface area contributed by atoms with E-state index in [1.165, 1.54) is 0 Å². The van der Waals surface area contributed by atoms with Gasteiger partial charge in [-0.3, -0.25) is 4.79 Å². The molecule has 7 heteroatoms. The minimum atomic E-state index is -1.06. The van der Waals surface area contributed by atoms with Gasteiger partial charge >= 0.3 is 12.1 Å². The lowest BCUT2D eigenvalue weighted by Gasteiger charge is -2.27. The predicted octanol–water partition coefficient (Wildman–Crippen LogP) is 4.17. The Morgan fingerprint density at radius 1 is 1.00 bits per heavy atom. The van der Waals surface area contributed by atoms with Crippen molar-refractivity contribution in [2.75, 3.05) is 13.2 Å². The Balaban J connectivity index is 1.51. The molecule has 3 N–H and O–H groups in total. The zero-order valence-electron chi connectivity index (χ0n) is 19.6. The fourth-order valence-corrected chi connectivity index (χ4v) is 4.09. The number of carbonyl (C=O) groups excluding carboxylic acids is 2. The molecule has 0 aliphatic heterocycles. The molecule has 0 saturated heterocycles. The van der Waals surface area contributed by atoms with E-state index in [0.29, 0.717) is 6.42 Å². The Morgan fingerprint density at radius 3 is 2.06 bits per heavy atom. The van der Waals surface area contributed by atoms with Crippen LogP contribution in [0, 0.1) is 11.3 Å². The molecule has 0 spiro atoms. The molecule has 0 aromatic heterocycles. The van der Waals surface area contributed by atoms with Crippen molar-refractivity contribution in [2.24, 2.45) is 11.3 Å². The number of amides is 2. The second kappa shape index (κ2) is 10.1. The molecule has 1 aliphatic rings. The Kier molecular flexibility index (Phi) is 7.41. The van der Waals surface area contributed by atoms with Gasteiger partial charge in [0.25, 0.3) is 0 Å². The van der Waals surface area contributed by atoms with Gasteiger partial charge in [-0.05, 0) is 34.6 Å². The van der Waals surface area contributed by atoms with Gasteiger partial charge in [0.05, 0.1) is 0 Å². The summed E-state index contributed by atoms with van der Waals surface area (Å²) in [5.74, 6) is -1.68. The monoisotopic (exact) mass is 452 g/mol. The predicted molar refractivity (Wildman–Crippen MR) is 126 cm³/mol. The average Bonchev–Trinajstić information content (AvgIpc) is 3.09. The first kappa shape index (κ1) is 24.3. The van der Waals surface area contributed by atoms with Crippen LogP contribution in [0.15, 0.2) is 48.5 Å². The summed E-state index contributed by atoms with van der Waals surface area (Å²) >= 11 is 0. The molecule has 1 unspecified atom stereocenters. The zero-order valence-corrected chi connectivity index (χ0v) is 19.6. The molecule has 3 rings (SSSR count). The fraction of sp³-hybridized carbons (Fsp3) is 0.423. The number of nitrogens with one attached hydrogen (secondary N) is 2. The van der Waals surface area contributed by atoms with Crippen molar-refractivity contribution >= 4 is 18.0 Å². The molecule has 0 bridgehead atoms. The van der Waals surface area contributed by atoms with Gasteiger partial charge in [0.15, 0.2) is 0 Å². The number of alkyl carbamates (subject to hydrolysis) is 1. The van der Waals surface area contributed by atoms with E-state index in [1.807, 2.05) is 24.3 Å². The topological polar surface area (TPSA) is 105 Å². The first-order valence-corrected chi connectivity index (χ1v) is 11.2. The van der Waals surface area contributed by atoms with Crippen molar-refractivity contribution in [2.45, 2.75) is 46.1 Å². The quantitative estimate of drug-likeness (QED) is 0.530. The van der Waals surface area contributed by atoms with Crippen molar-refractivity contribution < 1.29 is 24.2 Å². The van der Waals surface area contributed by atoms with E-state index >= 15 is 0 Å². The van der Waals surface area contributed by atoms with Gasteiger partial charge in [-0.2, -0.15) is 0 Å². The van der Waals surface area contributed by atoms with E-state index in [2.05, 4.69) is 34.9 Å². The number of hydrogen-bond acceptors (Lipinski definition) is 4. The summed E-state index contributed by atoms with van der Waals surface area (Å²) in [4.78, 5) is 36.3. The maximum absolute atomic E-state index is 12.6. The SMILES string of the molecule is CC(C)C(NC(=O)C(C)(C)CCNC(=O)OCC1c2ccccc2-c2ccccc21)C(=O)O. The second-order valence-corrected chi connectivity index (χ2v) is 9.42. The number of hydrogen-bond donors (Lipinski definition) is 3. The highest BCUT2D eigenvalue weighted by molar-refractivity contribution is 5.87. The lowest BCUT2D eigenvalue weighted by atomic mass is 9.87. The molecule has 0 saturated carbocycles. The number of carboxylic acid groups (broad SMARTS) is 1. The van der Waals surface area contributed by atoms with Crippen LogP contribution >= 0.6 is 0 Å². The lowest BCUT2D eigenvalue weighted by Crippen LogP contribution is -2.49. The van der Waals surface area contributed by atoms with E-state index in [4.69, 9.17) is 4.74 Å². The van der Waals surface area contributed by atoms with Gasteiger partial charge in [0.2, 0.25) is 5.91 Å². The van der Waals surface area contributed by atoms with E-state index in [1.54, 1.807) is 27.7 Å². The highest BCUT2D eigenvalue weighted by Gasteiger charge is 2.33. The molecule has 33 heavy (non-hydrogen) atoms. The van der Waals surface area contributed by atoms with Crippen LogP contribution in [0.5, 0.6) is 0 Å². The standard InChI is InChI=1S/C26H32N2O5/c1-16(2)22(23(29)30)28-24(31)26(3,4)13-14-27-25(32)33-15-21-19-11-7-5-9-17(19)18-10-6-8-12-20(18)21/h5-12,16,21-22H,13-15H2,1-4H3,(H,27,32)(H,28,31)(H,29,30). The lowest BCUT2D eigenvalue weighted by molar-refractivity contribution is -0.144. The van der Waals surface area contributed by atoms with Crippen molar-refractivity contribution in [1.29, 1.82) is 0 Å². The molecule has 2 aromatic carbocycles. The van der Waals surface area contributed by atoms with E-state index in [9.17, 15) is 19.5 Å². The summed E-state index contributed by atoms with van der Waals surface area (Å²) in [6.07, 6.45) is -0.202. The number of benzene rings is 2. The molecule has 1 aliphatic carbocycles. The third-order valence-electron chi connectivity index (χ3n) is 6.20. The van der Waals surface area contributed by atoms with Crippen molar-refractivity contribution in [1.82, 2.24) is 10.6 Å². The first-order chi connectivity index (χ1) is 15.6. The molecule has 0 fully saturated rings. The summed E-state index contributed by atoms with van der Waals surface area (Å²) in [5, 5.41) is 14.6. The average molecular weight is 453 g/mol. The minimum Gasteiger partial charge on any atom is -0.480 e. The number of aliphatic carboxylic acids is 1. The van der Waals surface area contributed by atoms with Gasteiger partial charge in [0, 0.05) is 17.9 Å². The number of fused-ring (bicyclic) bond motifs is 3. The maximum atomic E-state index is 12.6. The molecule has 2 aromatic rings. The Labute approximate surface area is 194 Å². The van der Waals surface area contributed by atoms with Crippen molar-refractivity contribution in [3.05, 3.63) is 59.7 Å². The molecule has 176 valence electrons. The first-order valence-electron chi connectivity index (χ1n) is 11.2. The van der Waals surface area contributed by atoms with Crippen LogP contribution < -0.4 is 10.6 Å². The smallest absolute Gasteiger partial charge is 0.407 e. The maximum Gasteiger partial charge on any atom is 0.407 e.